The molecule has 8 aromatic carbocycles. The third kappa shape index (κ3) is 4.59. The lowest BCUT2D eigenvalue weighted by molar-refractivity contribution is 0.673. The highest BCUT2D eigenvalue weighted by Crippen LogP contribution is 2.41. The molecule has 0 aliphatic carbocycles. The summed E-state index contributed by atoms with van der Waals surface area (Å²) < 4.78 is 6.65. The van der Waals surface area contributed by atoms with Gasteiger partial charge in [0.15, 0.2) is 5.82 Å². The smallest absolute Gasteiger partial charge is 0.160 e. The number of para-hydroxylation sites is 1. The van der Waals surface area contributed by atoms with Gasteiger partial charge in [0.25, 0.3) is 0 Å². The normalized spacial score (nSPS) is 11.7. The van der Waals surface area contributed by atoms with Crippen molar-refractivity contribution in [2.45, 2.75) is 0 Å². The molecular formula is C46H28N2O. The van der Waals surface area contributed by atoms with Crippen LogP contribution in [0, 0.1) is 0 Å². The van der Waals surface area contributed by atoms with E-state index in [4.69, 9.17) is 14.4 Å². The van der Waals surface area contributed by atoms with Gasteiger partial charge in [-0.05, 0) is 68.7 Å². The Morgan fingerprint density at radius 3 is 1.90 bits per heavy atom. The Hall–Kier alpha value is -6.58. The largest absolute Gasteiger partial charge is 0.455 e. The van der Waals surface area contributed by atoms with Gasteiger partial charge in [-0.15, -0.1) is 0 Å². The van der Waals surface area contributed by atoms with Gasteiger partial charge in [-0.2, -0.15) is 0 Å². The minimum Gasteiger partial charge on any atom is -0.455 e. The summed E-state index contributed by atoms with van der Waals surface area (Å²) in [4.78, 5) is 10.2. The monoisotopic (exact) mass is 624 g/mol. The molecule has 3 heteroatoms. The summed E-state index contributed by atoms with van der Waals surface area (Å²) in [5.74, 6) is 0.671. The summed E-state index contributed by atoms with van der Waals surface area (Å²) in [5, 5.41) is 7.96. The van der Waals surface area contributed by atoms with Gasteiger partial charge < -0.3 is 4.42 Å². The Morgan fingerprint density at radius 1 is 0.367 bits per heavy atom. The molecule has 0 fully saturated rings. The van der Waals surface area contributed by atoms with Crippen molar-refractivity contribution in [3.8, 4) is 44.9 Å². The van der Waals surface area contributed by atoms with Crippen molar-refractivity contribution in [2.75, 3.05) is 0 Å². The number of benzene rings is 8. The first-order valence-corrected chi connectivity index (χ1v) is 16.6. The molecular weight excluding hydrogens is 597 g/mol. The van der Waals surface area contributed by atoms with Crippen molar-refractivity contribution in [1.82, 2.24) is 9.97 Å². The molecule has 0 N–H and O–H groups in total. The molecule has 0 radical (unpaired) electrons. The SMILES string of the molecule is c1ccc(-c2cc3c4ccc(-c5nc(-c6ccc(-c7ccc8ccccc8c7)cc6)c6ccccc6n5)cc4oc3c3ccccc23)cc1. The predicted molar refractivity (Wildman–Crippen MR) is 204 cm³/mol. The summed E-state index contributed by atoms with van der Waals surface area (Å²) in [6.07, 6.45) is 0. The Balaban J connectivity index is 1.09. The van der Waals surface area contributed by atoms with Crippen LogP contribution in [-0.4, -0.2) is 9.97 Å². The standard InChI is InChI=1S/C46H28N2O/c1-2-11-31(12-3-1)40-28-41-37-25-24-35(27-43(37)49-45(41)38-15-7-6-14-36(38)40)46-47-42-17-9-8-16-39(42)44(48-46)32-21-18-30(19-22-32)34-23-20-29-10-4-5-13-33(29)26-34/h1-28H. The van der Waals surface area contributed by atoms with Crippen LogP contribution in [-0.2, 0) is 0 Å². The van der Waals surface area contributed by atoms with Crippen LogP contribution in [0.25, 0.3) is 99.3 Å². The predicted octanol–water partition coefficient (Wildman–Crippen LogP) is 12.5. The van der Waals surface area contributed by atoms with E-state index in [1.165, 1.54) is 38.4 Å². The fourth-order valence-electron chi connectivity index (χ4n) is 7.21. The van der Waals surface area contributed by atoms with Gasteiger partial charge >= 0.3 is 0 Å². The fraction of sp³-hybridized carbons (Fsp3) is 0. The van der Waals surface area contributed by atoms with E-state index in [2.05, 4.69) is 158 Å². The Morgan fingerprint density at radius 2 is 1.04 bits per heavy atom. The summed E-state index contributed by atoms with van der Waals surface area (Å²) >= 11 is 0. The van der Waals surface area contributed by atoms with Gasteiger partial charge in [0, 0.05) is 32.7 Å². The number of rotatable bonds is 4. The molecule has 0 spiro atoms. The van der Waals surface area contributed by atoms with Crippen LogP contribution in [0.5, 0.6) is 0 Å². The average Bonchev–Trinajstić information content (AvgIpc) is 3.55. The number of nitrogens with zero attached hydrogens (tertiary/aromatic N) is 2. The molecule has 10 rings (SSSR count). The molecule has 0 saturated heterocycles. The maximum atomic E-state index is 6.65. The lowest BCUT2D eigenvalue weighted by Gasteiger charge is -2.10. The molecule has 10 aromatic rings. The van der Waals surface area contributed by atoms with Gasteiger partial charge in [-0.25, -0.2) is 9.97 Å². The average molecular weight is 625 g/mol. The van der Waals surface area contributed by atoms with Gasteiger partial charge in [-0.1, -0.05) is 140 Å². The number of aromatic nitrogens is 2. The van der Waals surface area contributed by atoms with Crippen molar-refractivity contribution >= 4 is 54.4 Å². The highest BCUT2D eigenvalue weighted by atomic mass is 16.3. The summed E-state index contributed by atoms with van der Waals surface area (Å²) in [5.41, 5.74) is 10.3. The lowest BCUT2D eigenvalue weighted by Crippen LogP contribution is -1.95. The molecule has 228 valence electrons. The Bertz CT molecular complexity index is 2870. The maximum Gasteiger partial charge on any atom is 0.160 e. The molecule has 0 saturated carbocycles. The molecule has 2 aromatic heterocycles. The maximum absolute atomic E-state index is 6.65. The first-order chi connectivity index (χ1) is 24.3. The van der Waals surface area contributed by atoms with Crippen LogP contribution in [0.15, 0.2) is 174 Å². The molecule has 0 atom stereocenters. The van der Waals surface area contributed by atoms with Crippen molar-refractivity contribution in [3.63, 3.8) is 0 Å². The summed E-state index contributed by atoms with van der Waals surface area (Å²) in [6.45, 7) is 0. The van der Waals surface area contributed by atoms with E-state index in [1.807, 2.05) is 12.1 Å². The Kier molecular flexibility index (Phi) is 6.18. The van der Waals surface area contributed by atoms with Gasteiger partial charge in [0.2, 0.25) is 0 Å². The molecule has 0 aliphatic rings. The topological polar surface area (TPSA) is 38.9 Å². The number of fused-ring (bicyclic) bond motifs is 7. The van der Waals surface area contributed by atoms with Gasteiger partial charge in [0.05, 0.1) is 11.2 Å². The molecule has 0 amide bonds. The second kappa shape index (κ2) is 11.0. The first-order valence-electron chi connectivity index (χ1n) is 16.6. The van der Waals surface area contributed by atoms with E-state index in [9.17, 15) is 0 Å². The second-order valence-corrected chi connectivity index (χ2v) is 12.6. The van der Waals surface area contributed by atoms with Crippen LogP contribution in [0.3, 0.4) is 0 Å². The van der Waals surface area contributed by atoms with E-state index < -0.39 is 0 Å². The molecule has 49 heavy (non-hydrogen) atoms. The number of furan rings is 1. The zero-order valence-corrected chi connectivity index (χ0v) is 26.5. The zero-order valence-electron chi connectivity index (χ0n) is 26.5. The fourth-order valence-corrected chi connectivity index (χ4v) is 7.21. The summed E-state index contributed by atoms with van der Waals surface area (Å²) in [7, 11) is 0. The minimum absolute atomic E-state index is 0.671. The minimum atomic E-state index is 0.671. The lowest BCUT2D eigenvalue weighted by atomic mass is 9.95. The number of hydrogen-bond donors (Lipinski definition) is 0. The van der Waals surface area contributed by atoms with E-state index in [-0.39, 0.29) is 0 Å². The molecule has 0 aliphatic heterocycles. The molecule has 3 nitrogen and oxygen atoms in total. The van der Waals surface area contributed by atoms with Crippen LogP contribution in [0.2, 0.25) is 0 Å². The van der Waals surface area contributed by atoms with E-state index in [0.717, 1.165) is 55.0 Å². The van der Waals surface area contributed by atoms with E-state index in [0.29, 0.717) is 5.82 Å². The van der Waals surface area contributed by atoms with Crippen molar-refractivity contribution < 1.29 is 4.42 Å². The van der Waals surface area contributed by atoms with Crippen molar-refractivity contribution in [3.05, 3.63) is 170 Å². The third-order valence-corrected chi connectivity index (χ3v) is 9.67. The molecule has 0 bridgehead atoms. The van der Waals surface area contributed by atoms with Crippen LogP contribution in [0.4, 0.5) is 0 Å². The highest BCUT2D eigenvalue weighted by molar-refractivity contribution is 6.19. The van der Waals surface area contributed by atoms with Crippen LogP contribution < -0.4 is 0 Å². The third-order valence-electron chi connectivity index (χ3n) is 9.67. The van der Waals surface area contributed by atoms with Crippen LogP contribution >= 0.6 is 0 Å². The van der Waals surface area contributed by atoms with Crippen molar-refractivity contribution in [1.29, 1.82) is 0 Å². The van der Waals surface area contributed by atoms with Gasteiger partial charge in [0.1, 0.15) is 11.2 Å². The summed E-state index contributed by atoms with van der Waals surface area (Å²) in [6, 6.07) is 59.7. The van der Waals surface area contributed by atoms with Crippen LogP contribution in [0.1, 0.15) is 0 Å². The molecule has 2 heterocycles. The zero-order chi connectivity index (χ0) is 32.3. The van der Waals surface area contributed by atoms with Crippen molar-refractivity contribution in [2.24, 2.45) is 0 Å². The number of hydrogen-bond acceptors (Lipinski definition) is 3. The second-order valence-electron chi connectivity index (χ2n) is 12.6. The van der Waals surface area contributed by atoms with E-state index in [1.54, 1.807) is 0 Å². The van der Waals surface area contributed by atoms with E-state index >= 15 is 0 Å². The quantitative estimate of drug-likeness (QED) is 0.196. The first kappa shape index (κ1) is 27.5. The van der Waals surface area contributed by atoms with Gasteiger partial charge in [-0.3, -0.25) is 0 Å². The highest BCUT2D eigenvalue weighted by Gasteiger charge is 2.17. The molecule has 0 unspecified atom stereocenters. The Labute approximate surface area is 282 Å².